The summed E-state index contributed by atoms with van der Waals surface area (Å²) in [4.78, 5) is 18.9. The maximum atomic E-state index is 13.2. The Balaban J connectivity index is 0.00000341. The van der Waals surface area contributed by atoms with E-state index in [0.29, 0.717) is 25.0 Å². The second-order valence-electron chi connectivity index (χ2n) is 7.55. The van der Waals surface area contributed by atoms with Gasteiger partial charge >= 0.3 is 0 Å². The van der Waals surface area contributed by atoms with E-state index in [0.717, 1.165) is 62.4 Å². The third-order valence-electron chi connectivity index (χ3n) is 5.52. The fraction of sp³-hybridized carbons (Fsp3) is 0.619. The molecular weight excluding hydrogens is 537 g/mol. The van der Waals surface area contributed by atoms with Gasteiger partial charge in [0, 0.05) is 49.7 Å². The maximum absolute atomic E-state index is 13.2. The van der Waals surface area contributed by atoms with Gasteiger partial charge in [-0.2, -0.15) is 11.8 Å². The van der Waals surface area contributed by atoms with Gasteiger partial charge in [0.1, 0.15) is 12.4 Å². The van der Waals surface area contributed by atoms with Gasteiger partial charge in [0.05, 0.1) is 6.54 Å². The monoisotopic (exact) mass is 568 g/mol. The first-order valence-corrected chi connectivity index (χ1v) is 11.6. The van der Waals surface area contributed by atoms with Crippen LogP contribution < -0.4 is 15.4 Å². The van der Waals surface area contributed by atoms with Crippen LogP contribution in [0.25, 0.3) is 0 Å². The van der Waals surface area contributed by atoms with E-state index in [4.69, 9.17) is 4.74 Å². The number of aliphatic imine (C=N–C) groups is 1. The molecule has 1 aliphatic carbocycles. The van der Waals surface area contributed by atoms with Gasteiger partial charge in [-0.15, -0.1) is 24.0 Å². The van der Waals surface area contributed by atoms with Crippen LogP contribution in [0.2, 0.25) is 0 Å². The zero-order valence-corrected chi connectivity index (χ0v) is 20.9. The van der Waals surface area contributed by atoms with Gasteiger partial charge < -0.3 is 20.3 Å². The second-order valence-corrected chi connectivity index (χ2v) is 8.78. The van der Waals surface area contributed by atoms with Crippen molar-refractivity contribution >= 4 is 47.6 Å². The van der Waals surface area contributed by atoms with E-state index in [1.54, 1.807) is 7.05 Å². The number of hydrogen-bond donors (Lipinski definition) is 2. The predicted octanol–water partition coefficient (Wildman–Crippen LogP) is 3.26. The number of amides is 1. The van der Waals surface area contributed by atoms with Crippen molar-refractivity contribution in [2.75, 3.05) is 44.8 Å². The van der Waals surface area contributed by atoms with Gasteiger partial charge in [0.25, 0.3) is 0 Å². The Kier molecular flexibility index (Phi) is 11.1. The minimum atomic E-state index is -0.925. The average molecular weight is 568 g/mol. The van der Waals surface area contributed by atoms with Gasteiger partial charge in [-0.25, -0.2) is 8.78 Å². The van der Waals surface area contributed by atoms with Gasteiger partial charge in [0.2, 0.25) is 5.91 Å². The number of guanidine groups is 1. The molecule has 1 saturated carbocycles. The van der Waals surface area contributed by atoms with Crippen molar-refractivity contribution in [2.45, 2.75) is 31.7 Å². The highest BCUT2D eigenvalue weighted by atomic mass is 127. The van der Waals surface area contributed by atoms with Crippen LogP contribution in [-0.2, 0) is 4.79 Å². The number of ether oxygens (including phenoxy) is 1. The van der Waals surface area contributed by atoms with Crippen molar-refractivity contribution in [3.63, 3.8) is 0 Å². The highest BCUT2D eigenvalue weighted by Gasteiger charge is 2.30. The maximum Gasteiger partial charge on any atom is 0.225 e. The number of nitrogens with zero attached hydrogens (tertiary/aromatic N) is 2. The molecule has 31 heavy (non-hydrogen) atoms. The van der Waals surface area contributed by atoms with Crippen molar-refractivity contribution in [1.29, 1.82) is 0 Å². The fourth-order valence-corrected chi connectivity index (χ4v) is 4.72. The molecule has 0 bridgehead atoms. The Morgan fingerprint density at radius 3 is 2.55 bits per heavy atom. The quantitative estimate of drug-likeness (QED) is 0.239. The molecule has 0 aromatic heterocycles. The predicted molar refractivity (Wildman–Crippen MR) is 131 cm³/mol. The lowest BCUT2D eigenvalue weighted by Crippen LogP contribution is -2.47. The molecule has 0 radical (unpaired) electrons. The van der Waals surface area contributed by atoms with Crippen LogP contribution in [0.3, 0.4) is 0 Å². The number of benzene rings is 1. The molecule has 1 aromatic carbocycles. The van der Waals surface area contributed by atoms with E-state index in [1.165, 1.54) is 6.07 Å². The molecule has 1 saturated heterocycles. The molecule has 174 valence electrons. The number of thioether (sulfide) groups is 1. The zero-order valence-electron chi connectivity index (χ0n) is 17.7. The first kappa shape index (κ1) is 26.0. The Bertz CT molecular complexity index is 742. The van der Waals surface area contributed by atoms with E-state index in [9.17, 15) is 13.6 Å². The lowest BCUT2D eigenvalue weighted by Gasteiger charge is -2.34. The number of rotatable bonds is 6. The Labute approximate surface area is 204 Å². The summed E-state index contributed by atoms with van der Waals surface area (Å²) in [5.41, 5.74) is 0. The highest BCUT2D eigenvalue weighted by Crippen LogP contribution is 2.27. The normalized spacial score (nSPS) is 21.8. The molecule has 2 N–H and O–H groups in total. The van der Waals surface area contributed by atoms with Gasteiger partial charge in [-0.1, -0.05) is 0 Å². The SMILES string of the molecule is CN=C(NCCOc1ccc(F)c(F)c1)NC1CCC(C(=O)N2CCSCC2)CC1.I. The molecule has 1 aliphatic heterocycles. The number of nitrogens with one attached hydrogen (secondary N) is 2. The smallest absolute Gasteiger partial charge is 0.225 e. The van der Waals surface area contributed by atoms with Crippen molar-refractivity contribution in [3.05, 3.63) is 29.8 Å². The van der Waals surface area contributed by atoms with Crippen LogP contribution in [0.4, 0.5) is 8.78 Å². The molecule has 0 unspecified atom stereocenters. The summed E-state index contributed by atoms with van der Waals surface area (Å²) >= 11 is 1.92. The van der Waals surface area contributed by atoms with Gasteiger partial charge in [-0.3, -0.25) is 9.79 Å². The summed E-state index contributed by atoms with van der Waals surface area (Å²) in [6.45, 7) is 2.52. The summed E-state index contributed by atoms with van der Waals surface area (Å²) in [6, 6.07) is 3.76. The van der Waals surface area contributed by atoms with Crippen molar-refractivity contribution < 1.29 is 18.3 Å². The Morgan fingerprint density at radius 1 is 1.19 bits per heavy atom. The third-order valence-corrected chi connectivity index (χ3v) is 6.46. The molecule has 10 heteroatoms. The molecule has 1 amide bonds. The van der Waals surface area contributed by atoms with Crippen LogP contribution in [0.5, 0.6) is 5.75 Å². The summed E-state index contributed by atoms with van der Waals surface area (Å²) < 4.78 is 31.6. The number of halogens is 3. The lowest BCUT2D eigenvalue weighted by molar-refractivity contribution is -0.136. The molecular formula is C21H31F2IN4O2S. The average Bonchev–Trinajstić information content (AvgIpc) is 2.78. The molecule has 2 fully saturated rings. The third kappa shape index (κ3) is 7.96. The molecule has 1 heterocycles. The van der Waals surface area contributed by atoms with E-state index in [1.807, 2.05) is 16.7 Å². The standard InChI is InChI=1S/C21H30F2N4O2S.HI/c1-24-21(25-8-11-29-17-6-7-18(22)19(23)14-17)26-16-4-2-15(3-5-16)20(28)27-9-12-30-13-10-27;/h6-7,14-16H,2-5,8-13H2,1H3,(H2,24,25,26);1H. The molecule has 2 aliphatic rings. The molecule has 3 rings (SSSR count). The van der Waals surface area contributed by atoms with Gasteiger partial charge in [0.15, 0.2) is 17.6 Å². The number of carbonyl (C=O) groups excluding carboxylic acids is 1. The fourth-order valence-electron chi connectivity index (χ4n) is 3.82. The summed E-state index contributed by atoms with van der Waals surface area (Å²) in [5.74, 6) is 1.70. The summed E-state index contributed by atoms with van der Waals surface area (Å²) in [7, 11) is 1.70. The largest absolute Gasteiger partial charge is 0.492 e. The van der Waals surface area contributed by atoms with Crippen LogP contribution in [0.1, 0.15) is 25.7 Å². The van der Waals surface area contributed by atoms with E-state index in [-0.39, 0.29) is 41.7 Å². The van der Waals surface area contributed by atoms with Crippen LogP contribution >= 0.6 is 35.7 Å². The Morgan fingerprint density at radius 2 is 1.90 bits per heavy atom. The van der Waals surface area contributed by atoms with E-state index < -0.39 is 11.6 Å². The van der Waals surface area contributed by atoms with Crippen molar-refractivity contribution in [3.8, 4) is 5.75 Å². The number of hydrogen-bond acceptors (Lipinski definition) is 4. The number of carbonyl (C=O) groups is 1. The highest BCUT2D eigenvalue weighted by molar-refractivity contribution is 14.0. The molecule has 1 aromatic rings. The summed E-state index contributed by atoms with van der Waals surface area (Å²) in [5, 5.41) is 6.57. The second kappa shape index (κ2) is 13.3. The topological polar surface area (TPSA) is 66.0 Å². The van der Waals surface area contributed by atoms with Crippen molar-refractivity contribution in [2.24, 2.45) is 10.9 Å². The Hall–Kier alpha value is -1.30. The van der Waals surface area contributed by atoms with Crippen molar-refractivity contribution in [1.82, 2.24) is 15.5 Å². The van der Waals surface area contributed by atoms with Crippen LogP contribution in [0, 0.1) is 17.6 Å². The van der Waals surface area contributed by atoms with E-state index in [2.05, 4.69) is 15.6 Å². The molecule has 0 spiro atoms. The molecule has 6 nitrogen and oxygen atoms in total. The summed E-state index contributed by atoms with van der Waals surface area (Å²) in [6.07, 6.45) is 3.67. The first-order valence-electron chi connectivity index (χ1n) is 10.5. The zero-order chi connectivity index (χ0) is 21.3. The molecule has 0 atom stereocenters. The van der Waals surface area contributed by atoms with Crippen LogP contribution in [0.15, 0.2) is 23.2 Å². The van der Waals surface area contributed by atoms with Crippen LogP contribution in [-0.4, -0.2) is 67.6 Å². The minimum Gasteiger partial charge on any atom is -0.492 e. The van der Waals surface area contributed by atoms with Gasteiger partial charge in [-0.05, 0) is 37.8 Å². The first-order chi connectivity index (χ1) is 14.6. The minimum absolute atomic E-state index is 0. The van der Waals surface area contributed by atoms with E-state index >= 15 is 0 Å². The lowest BCUT2D eigenvalue weighted by atomic mass is 9.85.